The van der Waals surface area contributed by atoms with E-state index < -0.39 is 0 Å². The zero-order chi connectivity index (χ0) is 15.1. The van der Waals surface area contributed by atoms with Gasteiger partial charge < -0.3 is 21.1 Å². The fraction of sp³-hybridized carbons (Fsp3) is 0.533. The lowest BCUT2D eigenvalue weighted by molar-refractivity contribution is 0.0963. The third kappa shape index (κ3) is 3.63. The second-order valence-corrected chi connectivity index (χ2v) is 4.74. The molecule has 1 aromatic carbocycles. The van der Waals surface area contributed by atoms with Crippen LogP contribution in [0, 0.1) is 0 Å². The zero-order valence-corrected chi connectivity index (χ0v) is 12.5. The van der Waals surface area contributed by atoms with Crippen LogP contribution in [0.4, 0.5) is 11.4 Å². The molecule has 0 saturated carbocycles. The van der Waals surface area contributed by atoms with Crippen LogP contribution in [0.2, 0.25) is 0 Å². The lowest BCUT2D eigenvalue weighted by atomic mass is 10.0. The van der Waals surface area contributed by atoms with E-state index in [1.807, 2.05) is 0 Å². The summed E-state index contributed by atoms with van der Waals surface area (Å²) in [7, 11) is 1.61. The van der Waals surface area contributed by atoms with Gasteiger partial charge in [-0.1, -0.05) is 13.8 Å². The van der Waals surface area contributed by atoms with E-state index >= 15 is 0 Å². The Morgan fingerprint density at radius 2 is 2.05 bits per heavy atom. The van der Waals surface area contributed by atoms with E-state index in [0.29, 0.717) is 17.8 Å². The first-order chi connectivity index (χ1) is 9.58. The summed E-state index contributed by atoms with van der Waals surface area (Å²) in [6.07, 6.45) is 1.89. The Morgan fingerprint density at radius 3 is 2.55 bits per heavy atom. The van der Waals surface area contributed by atoms with Crippen molar-refractivity contribution in [1.82, 2.24) is 5.32 Å². The minimum absolute atomic E-state index is 0.0402. The van der Waals surface area contributed by atoms with Gasteiger partial charge in [-0.15, -0.1) is 0 Å². The highest BCUT2D eigenvalue weighted by Gasteiger charge is 2.21. The monoisotopic (exact) mass is 279 g/mol. The third-order valence-corrected chi connectivity index (χ3v) is 3.53. The first-order valence-electron chi connectivity index (χ1n) is 7.08. The average Bonchev–Trinajstić information content (AvgIpc) is 2.46. The second kappa shape index (κ2) is 7.75. The van der Waals surface area contributed by atoms with Crippen molar-refractivity contribution in [3.63, 3.8) is 0 Å². The zero-order valence-electron chi connectivity index (χ0n) is 12.5. The van der Waals surface area contributed by atoms with E-state index in [1.165, 1.54) is 0 Å². The van der Waals surface area contributed by atoms with Gasteiger partial charge in [-0.05, 0) is 31.0 Å². The molecule has 0 atom stereocenters. The second-order valence-electron chi connectivity index (χ2n) is 4.74. The summed E-state index contributed by atoms with van der Waals surface area (Å²) in [5.74, 6) is -0.145. The molecular formula is C15H25N3O2. The van der Waals surface area contributed by atoms with Crippen LogP contribution in [0.5, 0.6) is 0 Å². The number of nitrogens with one attached hydrogen (secondary N) is 1. The van der Waals surface area contributed by atoms with Gasteiger partial charge in [-0.25, -0.2) is 0 Å². The van der Waals surface area contributed by atoms with Gasteiger partial charge in [-0.3, -0.25) is 4.79 Å². The number of aliphatic hydroxyl groups excluding tert-OH is 1. The first kappa shape index (κ1) is 16.3. The van der Waals surface area contributed by atoms with Crippen LogP contribution in [-0.2, 0) is 0 Å². The SMILES string of the molecule is CCC(CC)N(CCO)c1cc(N)ccc1C(=O)NC. The summed E-state index contributed by atoms with van der Waals surface area (Å²) < 4.78 is 0. The molecule has 0 saturated heterocycles. The molecule has 0 spiro atoms. The van der Waals surface area contributed by atoms with Crippen LogP contribution in [0.25, 0.3) is 0 Å². The first-order valence-corrected chi connectivity index (χ1v) is 7.08. The quantitative estimate of drug-likeness (QED) is 0.663. The highest BCUT2D eigenvalue weighted by Crippen LogP contribution is 2.27. The number of hydrogen-bond donors (Lipinski definition) is 3. The van der Waals surface area contributed by atoms with Crippen molar-refractivity contribution >= 4 is 17.3 Å². The van der Waals surface area contributed by atoms with Crippen molar-refractivity contribution in [2.75, 3.05) is 30.8 Å². The van der Waals surface area contributed by atoms with Gasteiger partial charge in [0.25, 0.3) is 5.91 Å². The molecule has 0 unspecified atom stereocenters. The molecule has 112 valence electrons. The number of nitrogens with zero attached hydrogens (tertiary/aromatic N) is 1. The number of carbonyl (C=O) groups excluding carboxylic acids is 1. The normalized spacial score (nSPS) is 10.7. The van der Waals surface area contributed by atoms with Crippen molar-refractivity contribution in [1.29, 1.82) is 0 Å². The Bertz CT molecular complexity index is 445. The largest absolute Gasteiger partial charge is 0.399 e. The van der Waals surface area contributed by atoms with Gasteiger partial charge in [0, 0.05) is 25.3 Å². The van der Waals surface area contributed by atoms with Gasteiger partial charge in [0.05, 0.1) is 17.9 Å². The molecule has 0 fully saturated rings. The van der Waals surface area contributed by atoms with Crippen molar-refractivity contribution in [2.24, 2.45) is 0 Å². The fourth-order valence-electron chi connectivity index (χ4n) is 2.45. The van der Waals surface area contributed by atoms with Crippen molar-refractivity contribution in [3.05, 3.63) is 23.8 Å². The van der Waals surface area contributed by atoms with Crippen molar-refractivity contribution in [3.8, 4) is 0 Å². The number of nitrogens with two attached hydrogens (primary N) is 1. The molecule has 5 nitrogen and oxygen atoms in total. The molecule has 0 radical (unpaired) electrons. The average molecular weight is 279 g/mol. The lowest BCUT2D eigenvalue weighted by Crippen LogP contribution is -2.38. The number of rotatable bonds is 7. The van der Waals surface area contributed by atoms with Gasteiger partial charge in [0.15, 0.2) is 0 Å². The van der Waals surface area contributed by atoms with E-state index in [4.69, 9.17) is 5.73 Å². The Balaban J connectivity index is 3.29. The molecular weight excluding hydrogens is 254 g/mol. The predicted octanol–water partition coefficient (Wildman–Crippen LogP) is 1.62. The summed E-state index contributed by atoms with van der Waals surface area (Å²) in [5.41, 5.74) is 7.85. The number of carbonyl (C=O) groups is 1. The van der Waals surface area contributed by atoms with Crippen molar-refractivity contribution < 1.29 is 9.90 Å². The summed E-state index contributed by atoms with van der Waals surface area (Å²) in [5, 5.41) is 12.0. The predicted molar refractivity (Wildman–Crippen MR) is 83.0 cm³/mol. The standard InChI is InChI=1S/C15H25N3O2/c1-4-12(5-2)18(8-9-19)14-10-11(16)6-7-13(14)15(20)17-3/h6-7,10,12,19H,4-5,8-9,16H2,1-3H3,(H,17,20). The third-order valence-electron chi connectivity index (χ3n) is 3.53. The molecule has 20 heavy (non-hydrogen) atoms. The highest BCUT2D eigenvalue weighted by molar-refractivity contribution is 6.00. The molecule has 0 bridgehead atoms. The Hall–Kier alpha value is -1.75. The van der Waals surface area contributed by atoms with Gasteiger partial charge in [0.1, 0.15) is 0 Å². The number of anilines is 2. The number of amides is 1. The van der Waals surface area contributed by atoms with Crippen LogP contribution in [0.15, 0.2) is 18.2 Å². The van der Waals surface area contributed by atoms with E-state index in [1.54, 1.807) is 25.2 Å². The summed E-state index contributed by atoms with van der Waals surface area (Å²) in [4.78, 5) is 14.1. The van der Waals surface area contributed by atoms with Crippen molar-refractivity contribution in [2.45, 2.75) is 32.7 Å². The van der Waals surface area contributed by atoms with Crippen LogP contribution in [-0.4, -0.2) is 37.3 Å². The van der Waals surface area contributed by atoms with Crippen LogP contribution in [0.3, 0.4) is 0 Å². The van der Waals surface area contributed by atoms with E-state index in [0.717, 1.165) is 18.5 Å². The van der Waals surface area contributed by atoms with E-state index in [-0.39, 0.29) is 18.6 Å². The summed E-state index contributed by atoms with van der Waals surface area (Å²) in [6.45, 7) is 4.73. The van der Waals surface area contributed by atoms with Gasteiger partial charge in [0.2, 0.25) is 0 Å². The Labute approximate surface area is 120 Å². The Morgan fingerprint density at radius 1 is 1.40 bits per heavy atom. The summed E-state index contributed by atoms with van der Waals surface area (Å²) >= 11 is 0. The number of benzene rings is 1. The lowest BCUT2D eigenvalue weighted by Gasteiger charge is -2.33. The molecule has 0 heterocycles. The van der Waals surface area contributed by atoms with Crippen LogP contribution < -0.4 is 16.0 Å². The van der Waals surface area contributed by atoms with E-state index in [9.17, 15) is 9.90 Å². The van der Waals surface area contributed by atoms with Gasteiger partial charge >= 0.3 is 0 Å². The molecule has 0 aromatic heterocycles. The number of aliphatic hydroxyl groups is 1. The minimum atomic E-state index is -0.145. The fourth-order valence-corrected chi connectivity index (χ4v) is 2.45. The highest BCUT2D eigenvalue weighted by atomic mass is 16.3. The maximum Gasteiger partial charge on any atom is 0.253 e. The van der Waals surface area contributed by atoms with Crippen LogP contribution >= 0.6 is 0 Å². The molecule has 0 aliphatic heterocycles. The van der Waals surface area contributed by atoms with Gasteiger partial charge in [-0.2, -0.15) is 0 Å². The molecule has 0 aliphatic carbocycles. The minimum Gasteiger partial charge on any atom is -0.399 e. The molecule has 0 aliphatic rings. The maximum atomic E-state index is 12.0. The molecule has 5 heteroatoms. The molecule has 1 aromatic rings. The Kier molecular flexibility index (Phi) is 6.31. The summed E-state index contributed by atoms with van der Waals surface area (Å²) in [6, 6.07) is 5.53. The van der Waals surface area contributed by atoms with Crippen LogP contribution in [0.1, 0.15) is 37.0 Å². The molecule has 1 rings (SSSR count). The van der Waals surface area contributed by atoms with E-state index in [2.05, 4.69) is 24.1 Å². The topological polar surface area (TPSA) is 78.6 Å². The maximum absolute atomic E-state index is 12.0. The molecule has 4 N–H and O–H groups in total. The number of hydrogen-bond acceptors (Lipinski definition) is 4. The molecule has 1 amide bonds. The smallest absolute Gasteiger partial charge is 0.253 e. The number of nitrogen functional groups attached to an aromatic ring is 1.